The second kappa shape index (κ2) is 8.39. The summed E-state index contributed by atoms with van der Waals surface area (Å²) in [7, 11) is 0. The van der Waals surface area contributed by atoms with E-state index < -0.39 is 11.9 Å². The lowest BCUT2D eigenvalue weighted by Crippen LogP contribution is -2.27. The van der Waals surface area contributed by atoms with Crippen LogP contribution in [0.5, 0.6) is 0 Å². The highest BCUT2D eigenvalue weighted by atomic mass is 35.5. The van der Waals surface area contributed by atoms with Gasteiger partial charge in [-0.25, -0.2) is 4.79 Å². The Kier molecular flexibility index (Phi) is 5.96. The highest BCUT2D eigenvalue weighted by Crippen LogP contribution is 2.33. The Morgan fingerprint density at radius 1 is 0.926 bits per heavy atom. The van der Waals surface area contributed by atoms with Gasteiger partial charge in [0.2, 0.25) is 0 Å². The summed E-state index contributed by atoms with van der Waals surface area (Å²) in [6.45, 7) is 0. The van der Waals surface area contributed by atoms with E-state index in [-0.39, 0.29) is 16.3 Å². The molecule has 0 radical (unpaired) electrons. The number of carboxylic acid groups (broad SMARTS) is 1. The standard InChI is InChI=1S/C20H13Cl2NO3S/c21-15-7-3-1-5-13(15)18-10-9-12(27-18)11-17(20(25)26)23-19(24)14-6-2-4-8-16(14)22/h1-11H,(H,23,24)(H,25,26)/b17-11+. The molecule has 1 amide bonds. The van der Waals surface area contributed by atoms with Crippen LogP contribution < -0.4 is 5.32 Å². The Hall–Kier alpha value is -2.60. The van der Waals surface area contributed by atoms with E-state index in [1.807, 2.05) is 24.3 Å². The number of aliphatic carboxylic acids is 1. The lowest BCUT2D eigenvalue weighted by Gasteiger charge is -2.07. The molecular weight excluding hydrogens is 405 g/mol. The maximum Gasteiger partial charge on any atom is 0.352 e. The van der Waals surface area contributed by atoms with Gasteiger partial charge in [-0.15, -0.1) is 11.3 Å². The van der Waals surface area contributed by atoms with E-state index in [1.165, 1.54) is 23.5 Å². The van der Waals surface area contributed by atoms with Crippen LogP contribution in [0.2, 0.25) is 10.0 Å². The molecule has 136 valence electrons. The van der Waals surface area contributed by atoms with Gasteiger partial charge < -0.3 is 10.4 Å². The molecule has 2 N–H and O–H groups in total. The molecular formula is C20H13Cl2NO3S. The summed E-state index contributed by atoms with van der Waals surface area (Å²) in [5.41, 5.74) is 0.822. The first-order valence-corrected chi connectivity index (χ1v) is 9.38. The highest BCUT2D eigenvalue weighted by Gasteiger charge is 2.16. The van der Waals surface area contributed by atoms with Gasteiger partial charge in [-0.05, 0) is 36.4 Å². The number of nitrogens with one attached hydrogen (secondary N) is 1. The third kappa shape index (κ3) is 4.57. The van der Waals surface area contributed by atoms with Crippen molar-refractivity contribution in [3.8, 4) is 10.4 Å². The van der Waals surface area contributed by atoms with Crippen molar-refractivity contribution >= 4 is 52.5 Å². The largest absolute Gasteiger partial charge is 0.477 e. The number of hydrogen-bond acceptors (Lipinski definition) is 3. The normalized spacial score (nSPS) is 11.3. The van der Waals surface area contributed by atoms with Gasteiger partial charge in [0.1, 0.15) is 5.70 Å². The minimum atomic E-state index is -1.25. The quantitative estimate of drug-likeness (QED) is 0.532. The molecule has 0 fully saturated rings. The molecule has 0 bridgehead atoms. The molecule has 2 aromatic carbocycles. The monoisotopic (exact) mass is 417 g/mol. The van der Waals surface area contributed by atoms with Gasteiger partial charge in [-0.1, -0.05) is 53.5 Å². The molecule has 0 aliphatic rings. The molecule has 0 aliphatic carbocycles. The van der Waals surface area contributed by atoms with Crippen LogP contribution in [0.1, 0.15) is 15.2 Å². The summed E-state index contributed by atoms with van der Waals surface area (Å²) in [5.74, 6) is -1.83. The minimum absolute atomic E-state index is 0.203. The molecule has 27 heavy (non-hydrogen) atoms. The molecule has 0 saturated heterocycles. The van der Waals surface area contributed by atoms with E-state index in [0.717, 1.165) is 10.4 Å². The number of carbonyl (C=O) groups is 2. The Morgan fingerprint density at radius 3 is 2.26 bits per heavy atom. The van der Waals surface area contributed by atoms with Gasteiger partial charge >= 0.3 is 5.97 Å². The van der Waals surface area contributed by atoms with Crippen LogP contribution in [0.25, 0.3) is 16.5 Å². The van der Waals surface area contributed by atoms with E-state index in [9.17, 15) is 14.7 Å². The van der Waals surface area contributed by atoms with Crippen LogP contribution in [0.15, 0.2) is 66.4 Å². The first-order valence-electron chi connectivity index (χ1n) is 7.81. The van der Waals surface area contributed by atoms with Gasteiger partial charge in [0.15, 0.2) is 0 Å². The fourth-order valence-electron chi connectivity index (χ4n) is 2.36. The first kappa shape index (κ1) is 19.2. The maximum atomic E-state index is 12.3. The van der Waals surface area contributed by atoms with Gasteiger partial charge in [0, 0.05) is 20.3 Å². The molecule has 4 nitrogen and oxygen atoms in total. The Labute approximate surface area is 169 Å². The Bertz CT molecular complexity index is 1040. The fraction of sp³-hybridized carbons (Fsp3) is 0. The average molecular weight is 418 g/mol. The van der Waals surface area contributed by atoms with Crippen molar-refractivity contribution in [3.05, 3.63) is 86.8 Å². The zero-order valence-electron chi connectivity index (χ0n) is 13.8. The summed E-state index contributed by atoms with van der Waals surface area (Å²) < 4.78 is 0. The van der Waals surface area contributed by atoms with Crippen LogP contribution in [-0.4, -0.2) is 17.0 Å². The number of rotatable bonds is 5. The molecule has 1 aromatic heterocycles. The van der Waals surface area contributed by atoms with Crippen molar-refractivity contribution in [1.29, 1.82) is 0 Å². The third-order valence-electron chi connectivity index (χ3n) is 3.65. The summed E-state index contributed by atoms with van der Waals surface area (Å²) >= 11 is 13.6. The van der Waals surface area contributed by atoms with Crippen molar-refractivity contribution < 1.29 is 14.7 Å². The van der Waals surface area contributed by atoms with Crippen molar-refractivity contribution in [2.24, 2.45) is 0 Å². The van der Waals surface area contributed by atoms with Crippen LogP contribution in [0, 0.1) is 0 Å². The lowest BCUT2D eigenvalue weighted by atomic mass is 10.2. The average Bonchev–Trinajstić information content (AvgIpc) is 3.10. The van der Waals surface area contributed by atoms with Crippen LogP contribution in [0.4, 0.5) is 0 Å². The molecule has 0 unspecified atom stereocenters. The van der Waals surface area contributed by atoms with Crippen molar-refractivity contribution in [2.45, 2.75) is 0 Å². The van der Waals surface area contributed by atoms with E-state index in [4.69, 9.17) is 23.2 Å². The SMILES string of the molecule is O=C(O)/C(=C\c1ccc(-c2ccccc2Cl)s1)NC(=O)c1ccccc1Cl. The smallest absolute Gasteiger partial charge is 0.352 e. The predicted octanol–water partition coefficient (Wildman–Crippen LogP) is 5.58. The number of benzene rings is 2. The van der Waals surface area contributed by atoms with Crippen molar-refractivity contribution in [1.82, 2.24) is 5.32 Å². The maximum absolute atomic E-state index is 12.3. The number of carbonyl (C=O) groups excluding carboxylic acids is 1. The van der Waals surface area contributed by atoms with E-state index in [1.54, 1.807) is 30.3 Å². The number of carboxylic acids is 1. The number of halogens is 2. The number of hydrogen-bond donors (Lipinski definition) is 2. The molecule has 0 spiro atoms. The second-order valence-corrected chi connectivity index (χ2v) is 7.41. The van der Waals surface area contributed by atoms with Crippen LogP contribution >= 0.6 is 34.5 Å². The summed E-state index contributed by atoms with van der Waals surface area (Å²) in [6, 6.07) is 17.5. The highest BCUT2D eigenvalue weighted by molar-refractivity contribution is 7.16. The number of amides is 1. The summed E-state index contributed by atoms with van der Waals surface area (Å²) in [6.07, 6.45) is 1.40. The molecule has 0 atom stereocenters. The zero-order chi connectivity index (χ0) is 19.4. The van der Waals surface area contributed by atoms with E-state index in [0.29, 0.717) is 9.90 Å². The lowest BCUT2D eigenvalue weighted by molar-refractivity contribution is -0.132. The molecule has 3 rings (SSSR count). The van der Waals surface area contributed by atoms with Crippen LogP contribution in [0.3, 0.4) is 0 Å². The fourth-order valence-corrected chi connectivity index (χ4v) is 3.87. The molecule has 1 heterocycles. The van der Waals surface area contributed by atoms with Gasteiger partial charge in [-0.3, -0.25) is 4.79 Å². The Morgan fingerprint density at radius 2 is 1.59 bits per heavy atom. The molecule has 3 aromatic rings. The summed E-state index contributed by atoms with van der Waals surface area (Å²) in [4.78, 5) is 25.4. The minimum Gasteiger partial charge on any atom is -0.477 e. The molecule has 0 saturated carbocycles. The van der Waals surface area contributed by atoms with E-state index >= 15 is 0 Å². The van der Waals surface area contributed by atoms with Gasteiger partial charge in [0.05, 0.1) is 10.6 Å². The van der Waals surface area contributed by atoms with Gasteiger partial charge in [0.25, 0.3) is 5.91 Å². The van der Waals surface area contributed by atoms with E-state index in [2.05, 4.69) is 5.32 Å². The number of thiophene rings is 1. The predicted molar refractivity (Wildman–Crippen MR) is 109 cm³/mol. The van der Waals surface area contributed by atoms with Crippen molar-refractivity contribution in [2.75, 3.05) is 0 Å². The van der Waals surface area contributed by atoms with Crippen molar-refractivity contribution in [3.63, 3.8) is 0 Å². The molecule has 0 aliphatic heterocycles. The first-order chi connectivity index (χ1) is 13.0. The molecule has 7 heteroatoms. The topological polar surface area (TPSA) is 66.4 Å². The second-order valence-electron chi connectivity index (χ2n) is 5.48. The Balaban J connectivity index is 1.87. The zero-order valence-corrected chi connectivity index (χ0v) is 16.1. The summed E-state index contributed by atoms with van der Waals surface area (Å²) in [5, 5.41) is 12.7. The third-order valence-corrected chi connectivity index (χ3v) is 5.37. The van der Waals surface area contributed by atoms with Crippen LogP contribution in [-0.2, 0) is 4.79 Å². The van der Waals surface area contributed by atoms with Gasteiger partial charge in [-0.2, -0.15) is 0 Å².